The van der Waals surface area contributed by atoms with Gasteiger partial charge in [-0.15, -0.1) is 0 Å². The number of rotatable bonds is 2. The Hall–Kier alpha value is -0.600. The average molecular weight is 285 g/mol. The van der Waals surface area contributed by atoms with Gasteiger partial charge in [-0.3, -0.25) is 4.98 Å². The molecule has 2 aromatic rings. The number of nitrogens with zero attached hydrogens (tertiary/aromatic N) is 1. The first-order chi connectivity index (χ1) is 7.22. The van der Waals surface area contributed by atoms with Crippen molar-refractivity contribution < 1.29 is 0 Å². The van der Waals surface area contributed by atoms with Gasteiger partial charge >= 0.3 is 0 Å². The highest BCUT2D eigenvalue weighted by atomic mass is 79.9. The zero-order valence-corrected chi connectivity index (χ0v) is 10.8. The fourth-order valence-corrected chi connectivity index (χ4v) is 2.20. The molecule has 0 saturated heterocycles. The van der Waals surface area contributed by atoms with Crippen LogP contribution >= 0.6 is 27.5 Å². The second-order valence-electron chi connectivity index (χ2n) is 3.52. The molecule has 0 aliphatic carbocycles. The summed E-state index contributed by atoms with van der Waals surface area (Å²) >= 11 is 9.50. The SMILES string of the molecule is CCCc1ccc2ncc(Cl)c(Br)c2c1. The molecule has 1 nitrogen and oxygen atoms in total. The number of aryl methyl sites for hydroxylation is 1. The summed E-state index contributed by atoms with van der Waals surface area (Å²) in [6, 6.07) is 6.32. The van der Waals surface area contributed by atoms with Crippen LogP contribution in [0.1, 0.15) is 18.9 Å². The summed E-state index contributed by atoms with van der Waals surface area (Å²) < 4.78 is 0.937. The quantitative estimate of drug-likeness (QED) is 0.785. The van der Waals surface area contributed by atoms with Crippen molar-refractivity contribution in [1.29, 1.82) is 0 Å². The molecule has 0 aliphatic heterocycles. The third-order valence-electron chi connectivity index (χ3n) is 2.36. The summed E-state index contributed by atoms with van der Waals surface area (Å²) in [5.74, 6) is 0. The van der Waals surface area contributed by atoms with Crippen LogP contribution in [0.3, 0.4) is 0 Å². The lowest BCUT2D eigenvalue weighted by Gasteiger charge is -2.04. The van der Waals surface area contributed by atoms with E-state index < -0.39 is 0 Å². The molecule has 0 fully saturated rings. The molecule has 0 bridgehead atoms. The smallest absolute Gasteiger partial charge is 0.0737 e. The first-order valence-corrected chi connectivity index (χ1v) is 6.12. The summed E-state index contributed by atoms with van der Waals surface area (Å²) in [6.07, 6.45) is 3.92. The summed E-state index contributed by atoms with van der Waals surface area (Å²) in [6.45, 7) is 2.18. The van der Waals surface area contributed by atoms with E-state index in [1.807, 2.05) is 6.07 Å². The van der Waals surface area contributed by atoms with E-state index in [-0.39, 0.29) is 0 Å². The van der Waals surface area contributed by atoms with Gasteiger partial charge in [0.25, 0.3) is 0 Å². The van der Waals surface area contributed by atoms with E-state index in [2.05, 4.69) is 40.0 Å². The van der Waals surface area contributed by atoms with Crippen LogP contribution in [-0.2, 0) is 6.42 Å². The van der Waals surface area contributed by atoms with Crippen molar-refractivity contribution in [1.82, 2.24) is 4.98 Å². The maximum absolute atomic E-state index is 6.01. The number of hydrogen-bond acceptors (Lipinski definition) is 1. The number of halogens is 2. The highest BCUT2D eigenvalue weighted by Crippen LogP contribution is 2.30. The number of fused-ring (bicyclic) bond motifs is 1. The topological polar surface area (TPSA) is 12.9 Å². The van der Waals surface area contributed by atoms with Crippen molar-refractivity contribution in [3.8, 4) is 0 Å². The minimum absolute atomic E-state index is 0.663. The monoisotopic (exact) mass is 283 g/mol. The Labute approximate surface area is 103 Å². The van der Waals surface area contributed by atoms with Crippen LogP contribution in [0.25, 0.3) is 10.9 Å². The second kappa shape index (κ2) is 4.50. The molecule has 1 aromatic heterocycles. The number of aromatic nitrogens is 1. The minimum atomic E-state index is 0.663. The Balaban J connectivity index is 2.63. The zero-order chi connectivity index (χ0) is 10.8. The first-order valence-electron chi connectivity index (χ1n) is 4.95. The summed E-state index contributed by atoms with van der Waals surface area (Å²) in [5.41, 5.74) is 2.31. The van der Waals surface area contributed by atoms with Gasteiger partial charge in [0, 0.05) is 16.1 Å². The fraction of sp³-hybridized carbons (Fsp3) is 0.250. The van der Waals surface area contributed by atoms with Crippen molar-refractivity contribution in [2.75, 3.05) is 0 Å². The number of benzene rings is 1. The van der Waals surface area contributed by atoms with E-state index in [9.17, 15) is 0 Å². The lowest BCUT2D eigenvalue weighted by atomic mass is 10.1. The Morgan fingerprint density at radius 1 is 1.40 bits per heavy atom. The van der Waals surface area contributed by atoms with Crippen molar-refractivity contribution in [3.63, 3.8) is 0 Å². The maximum Gasteiger partial charge on any atom is 0.0737 e. The molecule has 0 N–H and O–H groups in total. The molecule has 2 rings (SSSR count). The van der Waals surface area contributed by atoms with Crippen molar-refractivity contribution in [3.05, 3.63) is 39.5 Å². The minimum Gasteiger partial charge on any atom is -0.255 e. The third kappa shape index (κ3) is 2.16. The van der Waals surface area contributed by atoms with E-state index in [0.717, 1.165) is 28.2 Å². The molecule has 0 amide bonds. The third-order valence-corrected chi connectivity index (χ3v) is 3.73. The highest BCUT2D eigenvalue weighted by Gasteiger charge is 2.05. The Morgan fingerprint density at radius 2 is 2.20 bits per heavy atom. The predicted molar refractivity (Wildman–Crippen MR) is 68.4 cm³/mol. The molecule has 0 atom stereocenters. The van der Waals surface area contributed by atoms with Crippen LogP contribution in [0.4, 0.5) is 0 Å². The van der Waals surface area contributed by atoms with Crippen LogP contribution in [0.15, 0.2) is 28.9 Å². The molecule has 1 heterocycles. The first kappa shape index (κ1) is 10.9. The molecular formula is C12H11BrClN. The summed E-state index contributed by atoms with van der Waals surface area (Å²) in [5, 5.41) is 1.75. The molecule has 0 radical (unpaired) electrons. The average Bonchev–Trinajstić information content (AvgIpc) is 2.25. The van der Waals surface area contributed by atoms with Crippen molar-refractivity contribution >= 4 is 38.4 Å². The van der Waals surface area contributed by atoms with Crippen molar-refractivity contribution in [2.24, 2.45) is 0 Å². The van der Waals surface area contributed by atoms with Crippen LogP contribution in [0.2, 0.25) is 5.02 Å². The van der Waals surface area contributed by atoms with Gasteiger partial charge in [0.2, 0.25) is 0 Å². The van der Waals surface area contributed by atoms with Gasteiger partial charge in [-0.2, -0.15) is 0 Å². The van der Waals surface area contributed by atoms with Crippen LogP contribution in [0, 0.1) is 0 Å². The molecule has 3 heteroatoms. The van der Waals surface area contributed by atoms with Gasteiger partial charge in [0.15, 0.2) is 0 Å². The van der Waals surface area contributed by atoms with E-state index in [4.69, 9.17) is 11.6 Å². The molecule has 15 heavy (non-hydrogen) atoms. The largest absolute Gasteiger partial charge is 0.255 e. The Morgan fingerprint density at radius 3 is 2.93 bits per heavy atom. The van der Waals surface area contributed by atoms with E-state index >= 15 is 0 Å². The lowest BCUT2D eigenvalue weighted by Crippen LogP contribution is -1.86. The number of hydrogen-bond donors (Lipinski definition) is 0. The molecular weight excluding hydrogens is 273 g/mol. The Kier molecular flexibility index (Phi) is 3.27. The lowest BCUT2D eigenvalue weighted by molar-refractivity contribution is 0.923. The standard InChI is InChI=1S/C12H11BrClN/c1-2-3-8-4-5-11-9(6-8)12(13)10(14)7-15-11/h4-7H,2-3H2,1H3. The number of pyridine rings is 1. The van der Waals surface area contributed by atoms with Crippen LogP contribution < -0.4 is 0 Å². The maximum atomic E-state index is 6.01. The van der Waals surface area contributed by atoms with Gasteiger partial charge in [-0.25, -0.2) is 0 Å². The van der Waals surface area contributed by atoms with Gasteiger partial charge in [0.1, 0.15) is 0 Å². The molecule has 78 valence electrons. The van der Waals surface area contributed by atoms with Gasteiger partial charge in [0.05, 0.1) is 10.5 Å². The summed E-state index contributed by atoms with van der Waals surface area (Å²) in [4.78, 5) is 4.28. The molecule has 0 aliphatic rings. The zero-order valence-electron chi connectivity index (χ0n) is 8.43. The van der Waals surface area contributed by atoms with E-state index in [1.165, 1.54) is 5.56 Å². The molecule has 0 spiro atoms. The Bertz CT molecular complexity index is 496. The summed E-state index contributed by atoms with van der Waals surface area (Å²) in [7, 11) is 0. The molecule has 1 aromatic carbocycles. The van der Waals surface area contributed by atoms with Crippen molar-refractivity contribution in [2.45, 2.75) is 19.8 Å². The van der Waals surface area contributed by atoms with Gasteiger partial charge in [-0.1, -0.05) is 31.0 Å². The molecule has 0 unspecified atom stereocenters. The normalized spacial score (nSPS) is 10.9. The van der Waals surface area contributed by atoms with Crippen LogP contribution in [-0.4, -0.2) is 4.98 Å². The predicted octanol–water partition coefficient (Wildman–Crippen LogP) is 4.60. The highest BCUT2D eigenvalue weighted by molar-refractivity contribution is 9.10. The van der Waals surface area contributed by atoms with Gasteiger partial charge in [-0.05, 0) is 40.0 Å². The van der Waals surface area contributed by atoms with Crippen LogP contribution in [0.5, 0.6) is 0 Å². The van der Waals surface area contributed by atoms with E-state index in [0.29, 0.717) is 5.02 Å². The fourth-order valence-electron chi connectivity index (χ4n) is 1.63. The van der Waals surface area contributed by atoms with Gasteiger partial charge < -0.3 is 0 Å². The molecule has 0 saturated carbocycles. The van der Waals surface area contributed by atoms with E-state index in [1.54, 1.807) is 6.20 Å². The second-order valence-corrected chi connectivity index (χ2v) is 4.72.